The largest absolute Gasteiger partial charge is 0.287 e. The predicted molar refractivity (Wildman–Crippen MR) is 84.5 cm³/mol. The van der Waals surface area contributed by atoms with Gasteiger partial charge in [0.05, 0.1) is 11.4 Å². The summed E-state index contributed by atoms with van der Waals surface area (Å²) in [5, 5.41) is 0. The van der Waals surface area contributed by atoms with Crippen LogP contribution in [0.2, 0.25) is 0 Å². The van der Waals surface area contributed by atoms with Crippen LogP contribution >= 0.6 is 11.3 Å². The topological polar surface area (TPSA) is 17.3 Å². The van der Waals surface area contributed by atoms with Crippen LogP contribution in [0.4, 0.5) is 0 Å². The van der Waals surface area contributed by atoms with Crippen molar-refractivity contribution in [1.29, 1.82) is 0 Å². The van der Waals surface area contributed by atoms with Gasteiger partial charge in [-0.15, -0.1) is 11.3 Å². The van der Waals surface area contributed by atoms with Gasteiger partial charge in [-0.3, -0.25) is 4.40 Å². The first-order valence-electron chi connectivity index (χ1n) is 7.45. The van der Waals surface area contributed by atoms with Gasteiger partial charge in [0.2, 0.25) is 0 Å². The number of rotatable bonds is 2. The number of hydrogen-bond acceptors (Lipinski definition) is 2. The van der Waals surface area contributed by atoms with Gasteiger partial charge < -0.3 is 0 Å². The smallest absolute Gasteiger partial charge is 0.194 e. The third-order valence-electron chi connectivity index (χ3n) is 4.17. The molecule has 2 nitrogen and oxygen atoms in total. The number of aromatic nitrogens is 2. The molecule has 0 spiro atoms. The third kappa shape index (κ3) is 1.73. The zero-order chi connectivity index (χ0) is 13.5. The van der Waals surface area contributed by atoms with E-state index in [1.165, 1.54) is 53.3 Å². The normalized spacial score (nSPS) is 14.7. The maximum atomic E-state index is 4.89. The molecule has 0 amide bonds. The van der Waals surface area contributed by atoms with E-state index >= 15 is 0 Å². The number of thiazole rings is 1. The zero-order valence-corrected chi connectivity index (χ0v) is 12.5. The Balaban J connectivity index is 2.04. The highest BCUT2D eigenvalue weighted by atomic mass is 32.1. The minimum absolute atomic E-state index is 0.993. The van der Waals surface area contributed by atoms with Crippen LogP contribution in [0.3, 0.4) is 0 Å². The molecule has 3 aromatic rings. The standard InChI is InChI=1S/C17H18N2S/c1-2-13-16(12-8-4-3-5-9-12)19-14-10-6-7-11-15(14)20-17(19)18-13/h3-5,8-9H,2,6-7,10-11H2,1H3. The highest BCUT2D eigenvalue weighted by Gasteiger charge is 2.22. The second-order valence-corrected chi connectivity index (χ2v) is 6.49. The van der Waals surface area contributed by atoms with Gasteiger partial charge in [0, 0.05) is 16.1 Å². The molecule has 0 radical (unpaired) electrons. The lowest BCUT2D eigenvalue weighted by atomic mass is 10.0. The zero-order valence-electron chi connectivity index (χ0n) is 11.7. The SMILES string of the molecule is CCc1nc2sc3c(n2c1-c1ccccc1)CCCC3. The average Bonchev–Trinajstić information content (AvgIpc) is 3.03. The molecule has 3 heteroatoms. The summed E-state index contributed by atoms with van der Waals surface area (Å²) in [6.07, 6.45) is 6.08. The molecule has 0 unspecified atom stereocenters. The quantitative estimate of drug-likeness (QED) is 0.676. The Morgan fingerprint density at radius 2 is 1.95 bits per heavy atom. The highest BCUT2D eigenvalue weighted by molar-refractivity contribution is 7.17. The summed E-state index contributed by atoms with van der Waals surface area (Å²) in [5.41, 5.74) is 5.36. The maximum absolute atomic E-state index is 4.89. The molecule has 0 bridgehead atoms. The van der Waals surface area contributed by atoms with Crippen molar-refractivity contribution in [3.63, 3.8) is 0 Å². The van der Waals surface area contributed by atoms with Crippen molar-refractivity contribution in [3.8, 4) is 11.3 Å². The molecule has 1 aromatic carbocycles. The Hall–Kier alpha value is -1.61. The second kappa shape index (κ2) is 4.74. The second-order valence-electron chi connectivity index (χ2n) is 5.42. The number of benzene rings is 1. The summed E-state index contributed by atoms with van der Waals surface area (Å²) in [5.74, 6) is 0. The first-order valence-corrected chi connectivity index (χ1v) is 8.27. The van der Waals surface area contributed by atoms with E-state index in [-0.39, 0.29) is 0 Å². The lowest BCUT2D eigenvalue weighted by Crippen LogP contribution is -2.04. The molecule has 20 heavy (non-hydrogen) atoms. The van der Waals surface area contributed by atoms with Crippen LogP contribution in [0, 0.1) is 0 Å². The first kappa shape index (κ1) is 12.2. The molecule has 0 saturated carbocycles. The molecular weight excluding hydrogens is 264 g/mol. The first-order chi connectivity index (χ1) is 9.88. The lowest BCUT2D eigenvalue weighted by molar-refractivity contribution is 0.675. The van der Waals surface area contributed by atoms with E-state index < -0.39 is 0 Å². The van der Waals surface area contributed by atoms with Crippen LogP contribution in [0.1, 0.15) is 36.0 Å². The summed E-state index contributed by atoms with van der Waals surface area (Å²) in [6.45, 7) is 2.20. The summed E-state index contributed by atoms with van der Waals surface area (Å²) >= 11 is 1.90. The Morgan fingerprint density at radius 3 is 2.75 bits per heavy atom. The van der Waals surface area contributed by atoms with Gasteiger partial charge in [-0.2, -0.15) is 0 Å². The molecule has 0 aliphatic heterocycles. The Kier molecular flexibility index (Phi) is 2.88. The maximum Gasteiger partial charge on any atom is 0.194 e. The molecule has 0 N–H and O–H groups in total. The van der Waals surface area contributed by atoms with Crippen molar-refractivity contribution in [1.82, 2.24) is 9.38 Å². The number of hydrogen-bond donors (Lipinski definition) is 0. The van der Waals surface area contributed by atoms with Gasteiger partial charge in [0.1, 0.15) is 0 Å². The molecule has 0 atom stereocenters. The van der Waals surface area contributed by atoms with E-state index in [1.807, 2.05) is 11.3 Å². The van der Waals surface area contributed by atoms with Crippen molar-refractivity contribution >= 4 is 16.3 Å². The molecule has 2 heterocycles. The van der Waals surface area contributed by atoms with Crippen molar-refractivity contribution in [2.24, 2.45) is 0 Å². The molecule has 102 valence electrons. The van der Waals surface area contributed by atoms with E-state index in [0.717, 1.165) is 6.42 Å². The summed E-state index contributed by atoms with van der Waals surface area (Å²) in [7, 11) is 0. The fourth-order valence-electron chi connectivity index (χ4n) is 3.22. The van der Waals surface area contributed by atoms with E-state index in [0.29, 0.717) is 0 Å². The number of nitrogens with zero attached hydrogens (tertiary/aromatic N) is 2. The van der Waals surface area contributed by atoms with E-state index in [1.54, 1.807) is 4.88 Å². The summed E-state index contributed by atoms with van der Waals surface area (Å²) in [6, 6.07) is 10.7. The molecule has 0 saturated heterocycles. The summed E-state index contributed by atoms with van der Waals surface area (Å²) in [4.78, 5) is 7.64. The molecule has 0 fully saturated rings. The van der Waals surface area contributed by atoms with Crippen LogP contribution in [0.15, 0.2) is 30.3 Å². The van der Waals surface area contributed by atoms with Crippen LogP contribution in [0.5, 0.6) is 0 Å². The van der Waals surface area contributed by atoms with E-state index in [2.05, 4.69) is 41.7 Å². The van der Waals surface area contributed by atoms with Crippen molar-refractivity contribution < 1.29 is 0 Å². The lowest BCUT2D eigenvalue weighted by Gasteiger charge is -2.12. The molecule has 1 aliphatic carbocycles. The fourth-order valence-corrected chi connectivity index (χ4v) is 4.45. The molecule has 2 aromatic heterocycles. The van der Waals surface area contributed by atoms with Gasteiger partial charge in [0.15, 0.2) is 4.96 Å². The van der Waals surface area contributed by atoms with Crippen LogP contribution in [0.25, 0.3) is 16.2 Å². The van der Waals surface area contributed by atoms with Crippen molar-refractivity contribution in [2.75, 3.05) is 0 Å². The Labute approximate surface area is 123 Å². The van der Waals surface area contributed by atoms with Crippen molar-refractivity contribution in [3.05, 3.63) is 46.6 Å². The fraction of sp³-hybridized carbons (Fsp3) is 0.353. The van der Waals surface area contributed by atoms with Crippen LogP contribution < -0.4 is 0 Å². The van der Waals surface area contributed by atoms with Gasteiger partial charge in [-0.05, 0) is 32.1 Å². The van der Waals surface area contributed by atoms with Crippen LogP contribution in [-0.4, -0.2) is 9.38 Å². The van der Waals surface area contributed by atoms with Crippen molar-refractivity contribution in [2.45, 2.75) is 39.0 Å². The summed E-state index contributed by atoms with van der Waals surface area (Å²) < 4.78 is 2.44. The minimum Gasteiger partial charge on any atom is -0.287 e. The molecule has 4 rings (SSSR count). The number of imidazole rings is 1. The predicted octanol–water partition coefficient (Wildman–Crippen LogP) is 4.50. The Morgan fingerprint density at radius 1 is 1.15 bits per heavy atom. The molecule has 1 aliphatic rings. The van der Waals surface area contributed by atoms with Gasteiger partial charge >= 0.3 is 0 Å². The minimum atomic E-state index is 0.993. The molecular formula is C17H18N2S. The van der Waals surface area contributed by atoms with E-state index in [9.17, 15) is 0 Å². The van der Waals surface area contributed by atoms with Gasteiger partial charge in [0.25, 0.3) is 0 Å². The van der Waals surface area contributed by atoms with Gasteiger partial charge in [-0.1, -0.05) is 37.3 Å². The number of fused-ring (bicyclic) bond motifs is 3. The Bertz CT molecular complexity index is 752. The average molecular weight is 282 g/mol. The highest BCUT2D eigenvalue weighted by Crippen LogP contribution is 2.35. The monoisotopic (exact) mass is 282 g/mol. The number of aryl methyl sites for hydroxylation is 3. The third-order valence-corrected chi connectivity index (χ3v) is 5.32. The van der Waals surface area contributed by atoms with E-state index in [4.69, 9.17) is 4.98 Å². The van der Waals surface area contributed by atoms with Gasteiger partial charge in [-0.25, -0.2) is 4.98 Å². The van der Waals surface area contributed by atoms with Crippen LogP contribution in [-0.2, 0) is 19.3 Å².